The normalized spacial score (nSPS) is 10.6. The Bertz CT molecular complexity index is 918. The molecule has 3 aromatic rings. The molecular weight excluding hydrogens is 328 g/mol. The SMILES string of the molecule is COc1ccccc1-c1n[nH]c(C)c1NC(=O)c1c(F)cccc1F. The van der Waals surface area contributed by atoms with Crippen LogP contribution in [0.5, 0.6) is 5.75 Å². The maximum atomic E-state index is 13.8. The number of amides is 1. The number of anilines is 1. The maximum absolute atomic E-state index is 13.8. The van der Waals surface area contributed by atoms with E-state index in [2.05, 4.69) is 15.5 Å². The molecule has 0 bridgehead atoms. The predicted molar refractivity (Wildman–Crippen MR) is 89.6 cm³/mol. The number of rotatable bonds is 4. The van der Waals surface area contributed by atoms with Crippen LogP contribution in [0.25, 0.3) is 11.3 Å². The Kier molecular flexibility index (Phi) is 4.47. The molecule has 0 aliphatic rings. The van der Waals surface area contributed by atoms with Gasteiger partial charge in [0.2, 0.25) is 0 Å². The zero-order valence-electron chi connectivity index (χ0n) is 13.6. The number of para-hydroxylation sites is 1. The van der Waals surface area contributed by atoms with E-state index in [4.69, 9.17) is 4.74 Å². The summed E-state index contributed by atoms with van der Waals surface area (Å²) in [6.45, 7) is 1.69. The number of benzene rings is 2. The van der Waals surface area contributed by atoms with Crippen LogP contribution in [-0.4, -0.2) is 23.2 Å². The van der Waals surface area contributed by atoms with Crippen LogP contribution in [0, 0.1) is 18.6 Å². The molecule has 1 amide bonds. The van der Waals surface area contributed by atoms with Gasteiger partial charge >= 0.3 is 0 Å². The van der Waals surface area contributed by atoms with Gasteiger partial charge in [-0.15, -0.1) is 0 Å². The molecule has 5 nitrogen and oxygen atoms in total. The summed E-state index contributed by atoms with van der Waals surface area (Å²) in [5, 5.41) is 9.48. The van der Waals surface area contributed by atoms with Crippen molar-refractivity contribution in [2.45, 2.75) is 6.92 Å². The van der Waals surface area contributed by atoms with Gasteiger partial charge in [-0.1, -0.05) is 18.2 Å². The van der Waals surface area contributed by atoms with Gasteiger partial charge in [-0.25, -0.2) is 8.78 Å². The molecule has 0 spiro atoms. The summed E-state index contributed by atoms with van der Waals surface area (Å²) >= 11 is 0. The van der Waals surface area contributed by atoms with Crippen LogP contribution in [0.3, 0.4) is 0 Å². The fourth-order valence-corrected chi connectivity index (χ4v) is 2.51. The molecule has 0 saturated carbocycles. The summed E-state index contributed by atoms with van der Waals surface area (Å²) in [5.41, 5.74) is 1.29. The molecule has 0 aliphatic heterocycles. The van der Waals surface area contributed by atoms with E-state index >= 15 is 0 Å². The number of H-pyrrole nitrogens is 1. The van der Waals surface area contributed by atoms with Crippen LogP contribution in [0.4, 0.5) is 14.5 Å². The highest BCUT2D eigenvalue weighted by Crippen LogP contribution is 2.35. The average molecular weight is 343 g/mol. The number of aromatic nitrogens is 2. The third-order valence-corrected chi connectivity index (χ3v) is 3.74. The molecule has 25 heavy (non-hydrogen) atoms. The highest BCUT2D eigenvalue weighted by atomic mass is 19.1. The number of nitrogens with zero attached hydrogens (tertiary/aromatic N) is 1. The van der Waals surface area contributed by atoms with E-state index < -0.39 is 23.1 Å². The van der Waals surface area contributed by atoms with Crippen molar-refractivity contribution >= 4 is 11.6 Å². The minimum Gasteiger partial charge on any atom is -0.496 e. The van der Waals surface area contributed by atoms with Gasteiger partial charge in [0.05, 0.1) is 18.5 Å². The molecule has 0 saturated heterocycles. The fraction of sp³-hybridized carbons (Fsp3) is 0.111. The van der Waals surface area contributed by atoms with E-state index in [1.807, 2.05) is 0 Å². The molecule has 3 rings (SSSR count). The molecular formula is C18H15F2N3O2. The summed E-state index contributed by atoms with van der Waals surface area (Å²) in [5.74, 6) is -2.20. The van der Waals surface area contributed by atoms with Crippen LogP contribution >= 0.6 is 0 Å². The molecule has 1 aromatic heterocycles. The minimum atomic E-state index is -0.933. The van der Waals surface area contributed by atoms with Crippen molar-refractivity contribution in [1.29, 1.82) is 0 Å². The van der Waals surface area contributed by atoms with Gasteiger partial charge in [0.15, 0.2) is 0 Å². The lowest BCUT2D eigenvalue weighted by Gasteiger charge is -2.10. The van der Waals surface area contributed by atoms with Crippen molar-refractivity contribution in [3.8, 4) is 17.0 Å². The summed E-state index contributed by atoms with van der Waals surface area (Å²) in [6, 6.07) is 10.4. The van der Waals surface area contributed by atoms with E-state index in [0.717, 1.165) is 12.1 Å². The third-order valence-electron chi connectivity index (χ3n) is 3.74. The van der Waals surface area contributed by atoms with Gasteiger partial charge in [0, 0.05) is 5.56 Å². The van der Waals surface area contributed by atoms with Crippen molar-refractivity contribution in [2.24, 2.45) is 0 Å². The Balaban J connectivity index is 2.02. The molecule has 0 atom stereocenters. The first kappa shape index (κ1) is 16.6. The molecule has 2 N–H and O–H groups in total. The number of carbonyl (C=O) groups is 1. The van der Waals surface area contributed by atoms with Gasteiger partial charge in [0.1, 0.15) is 28.6 Å². The first-order valence-corrected chi connectivity index (χ1v) is 7.46. The van der Waals surface area contributed by atoms with E-state index in [9.17, 15) is 13.6 Å². The number of carbonyl (C=O) groups excluding carboxylic acids is 1. The monoisotopic (exact) mass is 343 g/mol. The zero-order chi connectivity index (χ0) is 18.0. The lowest BCUT2D eigenvalue weighted by Crippen LogP contribution is -2.16. The summed E-state index contributed by atoms with van der Waals surface area (Å²) < 4.78 is 33.0. The summed E-state index contributed by atoms with van der Waals surface area (Å²) in [4.78, 5) is 12.4. The minimum absolute atomic E-state index is 0.331. The van der Waals surface area contributed by atoms with Crippen molar-refractivity contribution in [3.05, 3.63) is 65.4 Å². The maximum Gasteiger partial charge on any atom is 0.261 e. The van der Waals surface area contributed by atoms with Crippen LogP contribution in [0.1, 0.15) is 16.1 Å². The van der Waals surface area contributed by atoms with Crippen molar-refractivity contribution < 1.29 is 18.3 Å². The van der Waals surface area contributed by atoms with E-state index in [0.29, 0.717) is 28.4 Å². The Labute approximate surface area is 142 Å². The number of ether oxygens (including phenoxy) is 1. The molecule has 1 heterocycles. The highest BCUT2D eigenvalue weighted by molar-refractivity contribution is 6.06. The Morgan fingerprint density at radius 1 is 1.12 bits per heavy atom. The molecule has 0 aliphatic carbocycles. The number of aryl methyl sites for hydroxylation is 1. The second-order valence-electron chi connectivity index (χ2n) is 5.32. The number of nitrogens with one attached hydrogen (secondary N) is 2. The smallest absolute Gasteiger partial charge is 0.261 e. The fourth-order valence-electron chi connectivity index (χ4n) is 2.51. The molecule has 128 valence electrons. The van der Waals surface area contributed by atoms with Crippen molar-refractivity contribution in [3.63, 3.8) is 0 Å². The first-order valence-electron chi connectivity index (χ1n) is 7.46. The third kappa shape index (κ3) is 3.08. The molecule has 0 radical (unpaired) electrons. The first-order chi connectivity index (χ1) is 12.0. The van der Waals surface area contributed by atoms with Crippen LogP contribution in [0.2, 0.25) is 0 Å². The predicted octanol–water partition coefficient (Wildman–Crippen LogP) is 3.92. The lowest BCUT2D eigenvalue weighted by atomic mass is 10.1. The molecule has 0 unspecified atom stereocenters. The lowest BCUT2D eigenvalue weighted by molar-refractivity contribution is 0.101. The number of halogens is 2. The number of hydrogen-bond donors (Lipinski definition) is 2. The standard InChI is InChI=1S/C18H15F2N3O2/c1-10-16(21-18(24)15-12(19)7-5-8-13(15)20)17(23-22-10)11-6-3-4-9-14(11)25-2/h3-9H,1-2H3,(H,21,24)(H,22,23). The quantitative estimate of drug-likeness (QED) is 0.754. The van der Waals surface area contributed by atoms with Crippen molar-refractivity contribution in [2.75, 3.05) is 12.4 Å². The summed E-state index contributed by atoms with van der Waals surface area (Å²) in [6.07, 6.45) is 0. The van der Waals surface area contributed by atoms with Gasteiger partial charge in [-0.3, -0.25) is 9.89 Å². The summed E-state index contributed by atoms with van der Waals surface area (Å²) in [7, 11) is 1.52. The largest absolute Gasteiger partial charge is 0.496 e. The van der Waals surface area contributed by atoms with Crippen LogP contribution < -0.4 is 10.1 Å². The van der Waals surface area contributed by atoms with Crippen LogP contribution in [0.15, 0.2) is 42.5 Å². The number of aromatic amines is 1. The number of methoxy groups -OCH3 is 1. The van der Waals surface area contributed by atoms with Gasteiger partial charge < -0.3 is 10.1 Å². The zero-order valence-corrected chi connectivity index (χ0v) is 13.6. The second kappa shape index (κ2) is 6.72. The molecule has 7 heteroatoms. The Morgan fingerprint density at radius 3 is 2.48 bits per heavy atom. The van der Waals surface area contributed by atoms with Crippen molar-refractivity contribution in [1.82, 2.24) is 10.2 Å². The highest BCUT2D eigenvalue weighted by Gasteiger charge is 2.22. The van der Waals surface area contributed by atoms with E-state index in [1.54, 1.807) is 31.2 Å². The Morgan fingerprint density at radius 2 is 1.80 bits per heavy atom. The average Bonchev–Trinajstić information content (AvgIpc) is 2.95. The van der Waals surface area contributed by atoms with E-state index in [-0.39, 0.29) is 0 Å². The van der Waals surface area contributed by atoms with E-state index in [1.165, 1.54) is 13.2 Å². The Hall–Kier alpha value is -3.22. The van der Waals surface area contributed by atoms with Crippen LogP contribution in [-0.2, 0) is 0 Å². The van der Waals surface area contributed by atoms with Gasteiger partial charge in [-0.2, -0.15) is 5.10 Å². The van der Waals surface area contributed by atoms with Gasteiger partial charge in [0.25, 0.3) is 5.91 Å². The number of hydrogen-bond acceptors (Lipinski definition) is 3. The topological polar surface area (TPSA) is 67.0 Å². The second-order valence-corrected chi connectivity index (χ2v) is 5.32. The molecule has 2 aromatic carbocycles. The van der Waals surface area contributed by atoms with Gasteiger partial charge in [-0.05, 0) is 31.2 Å². The molecule has 0 fully saturated rings.